The lowest BCUT2D eigenvalue weighted by atomic mass is 9.86. The van der Waals surface area contributed by atoms with Gasteiger partial charge < -0.3 is 19.5 Å². The lowest BCUT2D eigenvalue weighted by Gasteiger charge is -2.27. The van der Waals surface area contributed by atoms with Crippen LogP contribution in [0.1, 0.15) is 16.8 Å². The van der Waals surface area contributed by atoms with Crippen LogP contribution < -0.4 is 9.47 Å². The third-order valence-corrected chi connectivity index (χ3v) is 4.15. The van der Waals surface area contributed by atoms with Gasteiger partial charge in [0.15, 0.2) is 5.41 Å². The molecule has 1 aliphatic heterocycles. The third kappa shape index (κ3) is 2.85. The number of nitrogens with zero attached hydrogens (tertiary/aromatic N) is 1. The SMILES string of the molecule is COc1ccc(C(=O)N2CCC(C(=O)O)(C(F)(F)F)C2)c(OC)c1. The minimum atomic E-state index is -4.95. The molecule has 0 spiro atoms. The van der Waals surface area contributed by atoms with Crippen LogP contribution in [0.3, 0.4) is 0 Å². The highest BCUT2D eigenvalue weighted by molar-refractivity contribution is 5.98. The van der Waals surface area contributed by atoms with Crippen molar-refractivity contribution in [2.24, 2.45) is 5.41 Å². The summed E-state index contributed by atoms with van der Waals surface area (Å²) in [6.45, 7) is -1.24. The highest BCUT2D eigenvalue weighted by atomic mass is 19.4. The fourth-order valence-electron chi connectivity index (χ4n) is 2.66. The third-order valence-electron chi connectivity index (χ3n) is 4.15. The van der Waals surface area contributed by atoms with Crippen molar-refractivity contribution in [2.45, 2.75) is 12.6 Å². The van der Waals surface area contributed by atoms with Crippen molar-refractivity contribution in [2.75, 3.05) is 27.3 Å². The number of carboxylic acid groups (broad SMARTS) is 1. The number of carbonyl (C=O) groups excluding carboxylic acids is 1. The molecule has 1 saturated heterocycles. The predicted octanol–water partition coefficient (Wildman–Crippen LogP) is 2.18. The highest BCUT2D eigenvalue weighted by Gasteiger charge is 2.64. The summed E-state index contributed by atoms with van der Waals surface area (Å²) in [5.74, 6) is -2.15. The number of amides is 1. The fourth-order valence-corrected chi connectivity index (χ4v) is 2.66. The zero-order valence-corrected chi connectivity index (χ0v) is 13.0. The first-order chi connectivity index (χ1) is 11.2. The first-order valence-corrected chi connectivity index (χ1v) is 6.97. The zero-order chi connectivity index (χ0) is 18.1. The standard InChI is InChI=1S/C15H16F3NO5/c1-23-9-3-4-10(11(7-9)24-2)12(20)19-6-5-14(8-19,13(21)22)15(16,17)18/h3-4,7H,5-6,8H2,1-2H3,(H,21,22). The normalized spacial score (nSPS) is 20.8. The molecule has 2 rings (SSSR count). The summed E-state index contributed by atoms with van der Waals surface area (Å²) in [5, 5.41) is 9.04. The Labute approximate surface area is 135 Å². The van der Waals surface area contributed by atoms with Crippen LogP contribution in [0, 0.1) is 5.41 Å². The van der Waals surface area contributed by atoms with Crippen LogP contribution in [0.5, 0.6) is 11.5 Å². The molecule has 6 nitrogen and oxygen atoms in total. The Morgan fingerprint density at radius 1 is 1.25 bits per heavy atom. The maximum absolute atomic E-state index is 13.2. The number of methoxy groups -OCH3 is 2. The van der Waals surface area contributed by atoms with Gasteiger partial charge in [-0.3, -0.25) is 9.59 Å². The summed E-state index contributed by atoms with van der Waals surface area (Å²) in [5.41, 5.74) is -2.90. The molecule has 1 aliphatic rings. The summed E-state index contributed by atoms with van der Waals surface area (Å²) in [4.78, 5) is 24.6. The van der Waals surface area contributed by atoms with Crippen molar-refractivity contribution in [1.82, 2.24) is 4.90 Å². The van der Waals surface area contributed by atoms with Gasteiger partial charge in [0.25, 0.3) is 5.91 Å². The van der Waals surface area contributed by atoms with Gasteiger partial charge in [0.1, 0.15) is 11.5 Å². The summed E-state index contributed by atoms with van der Waals surface area (Å²) in [6, 6.07) is 4.27. The molecule has 9 heteroatoms. The molecule has 24 heavy (non-hydrogen) atoms. The van der Waals surface area contributed by atoms with E-state index in [-0.39, 0.29) is 17.9 Å². The Kier molecular flexibility index (Phi) is 4.63. The van der Waals surface area contributed by atoms with Gasteiger partial charge in [-0.05, 0) is 18.6 Å². The van der Waals surface area contributed by atoms with Crippen molar-refractivity contribution in [3.63, 3.8) is 0 Å². The van der Waals surface area contributed by atoms with E-state index in [1.54, 1.807) is 0 Å². The molecule has 132 valence electrons. The maximum atomic E-state index is 13.2. The molecule has 0 saturated carbocycles. The van der Waals surface area contributed by atoms with Crippen LogP contribution in [-0.2, 0) is 4.79 Å². The second kappa shape index (κ2) is 6.21. The van der Waals surface area contributed by atoms with Crippen LogP contribution in [0.25, 0.3) is 0 Å². The molecule has 1 N–H and O–H groups in total. The molecule has 0 aromatic heterocycles. The van der Waals surface area contributed by atoms with Gasteiger partial charge in [0.05, 0.1) is 19.8 Å². The van der Waals surface area contributed by atoms with E-state index >= 15 is 0 Å². The van der Waals surface area contributed by atoms with Crippen molar-refractivity contribution < 1.29 is 37.3 Å². The molecule has 1 amide bonds. The largest absolute Gasteiger partial charge is 0.497 e. The minimum absolute atomic E-state index is 0.0432. The molecule has 0 aliphatic carbocycles. The molecular formula is C15H16F3NO5. The van der Waals surface area contributed by atoms with Crippen LogP contribution in [0.15, 0.2) is 18.2 Å². The number of likely N-dealkylation sites (tertiary alicyclic amines) is 1. The summed E-state index contributed by atoms with van der Waals surface area (Å²) in [6.07, 6.45) is -5.63. The Balaban J connectivity index is 2.31. The first kappa shape index (κ1) is 17.9. The quantitative estimate of drug-likeness (QED) is 0.904. The highest BCUT2D eigenvalue weighted by Crippen LogP contribution is 2.46. The number of alkyl halides is 3. The molecule has 1 atom stereocenters. The van der Waals surface area contributed by atoms with E-state index in [9.17, 15) is 22.8 Å². The van der Waals surface area contributed by atoms with Gasteiger partial charge in [-0.25, -0.2) is 0 Å². The number of aliphatic carboxylic acids is 1. The minimum Gasteiger partial charge on any atom is -0.497 e. The summed E-state index contributed by atoms with van der Waals surface area (Å²) >= 11 is 0. The first-order valence-electron chi connectivity index (χ1n) is 6.97. The predicted molar refractivity (Wildman–Crippen MR) is 76.2 cm³/mol. The number of benzene rings is 1. The maximum Gasteiger partial charge on any atom is 0.406 e. The summed E-state index contributed by atoms with van der Waals surface area (Å²) in [7, 11) is 2.73. The van der Waals surface area contributed by atoms with E-state index in [1.165, 1.54) is 32.4 Å². The molecule has 1 unspecified atom stereocenters. The Morgan fingerprint density at radius 2 is 1.92 bits per heavy atom. The fraction of sp³-hybridized carbons (Fsp3) is 0.467. The van der Waals surface area contributed by atoms with E-state index in [1.807, 2.05) is 0 Å². The van der Waals surface area contributed by atoms with E-state index in [0.717, 1.165) is 4.90 Å². The van der Waals surface area contributed by atoms with E-state index in [2.05, 4.69) is 0 Å². The van der Waals surface area contributed by atoms with Crippen LogP contribution >= 0.6 is 0 Å². The number of halogens is 3. The average molecular weight is 347 g/mol. The monoisotopic (exact) mass is 347 g/mol. The molecule has 0 bridgehead atoms. The van der Waals surface area contributed by atoms with E-state index in [4.69, 9.17) is 14.6 Å². The smallest absolute Gasteiger partial charge is 0.406 e. The Hall–Kier alpha value is -2.45. The Morgan fingerprint density at radius 3 is 2.38 bits per heavy atom. The van der Waals surface area contributed by atoms with Crippen molar-refractivity contribution in [1.29, 1.82) is 0 Å². The van der Waals surface area contributed by atoms with Crippen LogP contribution in [-0.4, -0.2) is 55.4 Å². The van der Waals surface area contributed by atoms with Gasteiger partial charge in [0.2, 0.25) is 0 Å². The van der Waals surface area contributed by atoms with Crippen molar-refractivity contribution >= 4 is 11.9 Å². The van der Waals surface area contributed by atoms with Gasteiger partial charge in [-0.15, -0.1) is 0 Å². The number of carboxylic acids is 1. The van der Waals surface area contributed by atoms with E-state index in [0.29, 0.717) is 5.75 Å². The topological polar surface area (TPSA) is 76.1 Å². The van der Waals surface area contributed by atoms with Gasteiger partial charge in [-0.1, -0.05) is 0 Å². The Bertz CT molecular complexity index is 661. The number of ether oxygens (including phenoxy) is 2. The summed E-state index contributed by atoms with van der Waals surface area (Å²) < 4.78 is 49.6. The molecule has 1 fully saturated rings. The number of hydrogen-bond acceptors (Lipinski definition) is 4. The lowest BCUT2D eigenvalue weighted by molar-refractivity contribution is -0.227. The molecule has 1 heterocycles. The van der Waals surface area contributed by atoms with Crippen molar-refractivity contribution in [3.8, 4) is 11.5 Å². The molecule has 1 aromatic rings. The molecule has 1 aromatic carbocycles. The molecule has 0 radical (unpaired) electrons. The number of rotatable bonds is 4. The number of carbonyl (C=O) groups is 2. The lowest BCUT2D eigenvalue weighted by Crippen LogP contribution is -2.47. The van der Waals surface area contributed by atoms with Gasteiger partial charge in [-0.2, -0.15) is 13.2 Å². The van der Waals surface area contributed by atoms with Crippen molar-refractivity contribution in [3.05, 3.63) is 23.8 Å². The van der Waals surface area contributed by atoms with Crippen LogP contribution in [0.2, 0.25) is 0 Å². The van der Waals surface area contributed by atoms with Crippen LogP contribution in [0.4, 0.5) is 13.2 Å². The van der Waals surface area contributed by atoms with Gasteiger partial charge >= 0.3 is 12.1 Å². The second-order valence-corrected chi connectivity index (χ2v) is 5.43. The average Bonchev–Trinajstić information content (AvgIpc) is 3.00. The molecular weight excluding hydrogens is 331 g/mol. The number of hydrogen-bond donors (Lipinski definition) is 1. The second-order valence-electron chi connectivity index (χ2n) is 5.43. The van der Waals surface area contributed by atoms with Gasteiger partial charge in [0, 0.05) is 19.2 Å². The zero-order valence-electron chi connectivity index (χ0n) is 13.0. The van der Waals surface area contributed by atoms with E-state index < -0.39 is 36.4 Å².